The molecule has 5 aromatic carbocycles. The number of carbonyl (C=O) groups excluding carboxylic acids is 3. The molecular weight excluding hydrogens is 779 g/mol. The van der Waals surface area contributed by atoms with Crippen molar-refractivity contribution in [3.8, 4) is 17.6 Å². The summed E-state index contributed by atoms with van der Waals surface area (Å²) in [5.41, 5.74) is 4.84. The number of hydrogen-bond acceptors (Lipinski definition) is 9. The Kier molecular flexibility index (Phi) is 13.2. The molecule has 1 aromatic heterocycles. The molecule has 0 saturated carbocycles. The van der Waals surface area contributed by atoms with Gasteiger partial charge in [-0.1, -0.05) is 84.9 Å². The average molecular weight is 820 g/mol. The van der Waals surface area contributed by atoms with Crippen LogP contribution in [0.3, 0.4) is 0 Å². The summed E-state index contributed by atoms with van der Waals surface area (Å²) in [5, 5.41) is 18.9. The highest BCUT2D eigenvalue weighted by Crippen LogP contribution is 2.41. The van der Waals surface area contributed by atoms with Crippen LogP contribution in [0.25, 0.3) is 6.08 Å². The Morgan fingerprint density at radius 1 is 0.864 bits per heavy atom. The molecule has 1 aliphatic rings. The lowest BCUT2D eigenvalue weighted by Gasteiger charge is -2.26. The van der Waals surface area contributed by atoms with Gasteiger partial charge in [0.15, 0.2) is 0 Å². The van der Waals surface area contributed by atoms with Crippen LogP contribution in [0.2, 0.25) is 0 Å². The van der Waals surface area contributed by atoms with Crippen molar-refractivity contribution in [3.63, 3.8) is 0 Å². The zero-order valence-corrected chi connectivity index (χ0v) is 34.1. The molecule has 2 heterocycles. The van der Waals surface area contributed by atoms with Gasteiger partial charge in [0.05, 0.1) is 19.8 Å². The van der Waals surface area contributed by atoms with Gasteiger partial charge < -0.3 is 25.4 Å². The monoisotopic (exact) mass is 819 g/mol. The highest BCUT2D eigenvalue weighted by molar-refractivity contribution is 8.00. The number of thiophene rings is 1. The number of nitrogens with zero attached hydrogens (tertiary/aromatic N) is 2. The van der Waals surface area contributed by atoms with Crippen LogP contribution >= 0.6 is 23.1 Å². The quantitative estimate of drug-likeness (QED) is 0.0733. The van der Waals surface area contributed by atoms with E-state index in [-0.39, 0.29) is 11.6 Å². The first-order chi connectivity index (χ1) is 28.8. The van der Waals surface area contributed by atoms with Gasteiger partial charge in [-0.3, -0.25) is 19.3 Å². The number of thioether (sulfide) groups is 1. The van der Waals surface area contributed by atoms with Crippen molar-refractivity contribution in [2.45, 2.75) is 29.7 Å². The van der Waals surface area contributed by atoms with Crippen molar-refractivity contribution in [1.82, 2.24) is 10.2 Å². The van der Waals surface area contributed by atoms with E-state index < -0.39 is 17.1 Å². The molecule has 10 nitrogen and oxygen atoms in total. The summed E-state index contributed by atoms with van der Waals surface area (Å²) in [5.74, 6) is -0.297. The van der Waals surface area contributed by atoms with E-state index in [9.17, 15) is 19.6 Å². The van der Waals surface area contributed by atoms with Crippen LogP contribution in [0.15, 0.2) is 144 Å². The highest BCUT2D eigenvalue weighted by atomic mass is 32.2. The Morgan fingerprint density at radius 2 is 1.59 bits per heavy atom. The van der Waals surface area contributed by atoms with Gasteiger partial charge in [-0.25, -0.2) is 0 Å². The van der Waals surface area contributed by atoms with Gasteiger partial charge >= 0.3 is 0 Å². The molecule has 12 heteroatoms. The number of amides is 3. The normalized spacial score (nSPS) is 13.0. The SMILES string of the molecule is COc1ccc(OC)c(/C=C(/NC(=O)c2ccccc2)C(=O)Nc2cccc(SC(C(=O)Nc3sc4c(c3C#N)CCN(Cc3ccccc3)C4)c3ccccc3)c2)c1. The molecule has 0 spiro atoms. The van der Waals surface area contributed by atoms with Crippen molar-refractivity contribution in [3.05, 3.63) is 177 Å². The van der Waals surface area contributed by atoms with Crippen LogP contribution in [0.1, 0.15) is 48.3 Å². The van der Waals surface area contributed by atoms with E-state index >= 15 is 0 Å². The number of methoxy groups -OCH3 is 2. The Bertz CT molecular complexity index is 2520. The van der Waals surface area contributed by atoms with Crippen LogP contribution in [0.4, 0.5) is 10.7 Å². The summed E-state index contributed by atoms with van der Waals surface area (Å²) >= 11 is 2.79. The molecular formula is C47H41N5O5S2. The van der Waals surface area contributed by atoms with Crippen molar-refractivity contribution in [1.29, 1.82) is 5.26 Å². The fourth-order valence-corrected chi connectivity index (χ4v) is 9.08. The van der Waals surface area contributed by atoms with E-state index in [1.54, 1.807) is 66.7 Å². The molecule has 0 radical (unpaired) electrons. The van der Waals surface area contributed by atoms with E-state index in [4.69, 9.17) is 9.47 Å². The first-order valence-electron chi connectivity index (χ1n) is 18.9. The van der Waals surface area contributed by atoms with E-state index in [0.29, 0.717) is 50.3 Å². The maximum absolute atomic E-state index is 14.3. The molecule has 0 bridgehead atoms. The number of ether oxygens (including phenoxy) is 2. The van der Waals surface area contributed by atoms with E-state index in [0.717, 1.165) is 35.5 Å². The van der Waals surface area contributed by atoms with Gasteiger partial charge in [0, 0.05) is 46.2 Å². The Hall–Kier alpha value is -6.65. The predicted octanol–water partition coefficient (Wildman–Crippen LogP) is 9.08. The number of anilines is 2. The number of nitrogens with one attached hydrogen (secondary N) is 3. The molecule has 1 atom stereocenters. The predicted molar refractivity (Wildman–Crippen MR) is 233 cm³/mol. The third kappa shape index (κ3) is 10.1. The number of benzene rings is 5. The number of hydrogen-bond donors (Lipinski definition) is 3. The van der Waals surface area contributed by atoms with Gasteiger partial charge in [0.1, 0.15) is 33.5 Å². The van der Waals surface area contributed by atoms with Crippen molar-refractivity contribution in [2.75, 3.05) is 31.4 Å². The molecule has 296 valence electrons. The molecule has 1 unspecified atom stereocenters. The number of rotatable bonds is 14. The topological polar surface area (TPSA) is 133 Å². The summed E-state index contributed by atoms with van der Waals surface area (Å²) in [6.07, 6.45) is 2.26. The second kappa shape index (κ2) is 19.2. The second-order valence-corrected chi connectivity index (χ2v) is 15.9. The van der Waals surface area contributed by atoms with Crippen LogP contribution in [-0.2, 0) is 29.1 Å². The molecule has 0 fully saturated rings. The van der Waals surface area contributed by atoms with Crippen LogP contribution in [0, 0.1) is 11.3 Å². The minimum Gasteiger partial charge on any atom is -0.497 e. The van der Waals surface area contributed by atoms with Crippen LogP contribution < -0.4 is 25.4 Å². The van der Waals surface area contributed by atoms with Gasteiger partial charge in [-0.15, -0.1) is 23.1 Å². The number of fused-ring (bicyclic) bond motifs is 1. The molecule has 1 aliphatic heterocycles. The summed E-state index contributed by atoms with van der Waals surface area (Å²) in [4.78, 5) is 45.7. The summed E-state index contributed by atoms with van der Waals surface area (Å²) < 4.78 is 10.9. The van der Waals surface area contributed by atoms with Gasteiger partial charge in [0.2, 0.25) is 5.91 Å². The minimum absolute atomic E-state index is 0.0277. The fourth-order valence-electron chi connectivity index (χ4n) is 6.75. The molecule has 6 aromatic rings. The lowest BCUT2D eigenvalue weighted by Crippen LogP contribution is -2.30. The third-order valence-electron chi connectivity index (χ3n) is 9.69. The first-order valence-corrected chi connectivity index (χ1v) is 20.6. The average Bonchev–Trinajstić information content (AvgIpc) is 3.62. The number of carbonyl (C=O) groups is 3. The van der Waals surface area contributed by atoms with Crippen molar-refractivity contribution >= 4 is 57.6 Å². The lowest BCUT2D eigenvalue weighted by molar-refractivity contribution is -0.116. The van der Waals surface area contributed by atoms with Gasteiger partial charge in [-0.2, -0.15) is 5.26 Å². The first kappa shape index (κ1) is 40.5. The maximum Gasteiger partial charge on any atom is 0.272 e. The third-order valence-corrected chi connectivity index (χ3v) is 12.1. The fraction of sp³-hybridized carbons (Fsp3) is 0.149. The molecule has 0 saturated heterocycles. The van der Waals surface area contributed by atoms with Crippen LogP contribution in [-0.4, -0.2) is 43.4 Å². The molecule has 7 rings (SSSR count). The second-order valence-electron chi connectivity index (χ2n) is 13.6. The van der Waals surface area contributed by atoms with E-state index in [1.807, 2.05) is 54.6 Å². The molecule has 3 N–H and O–H groups in total. The maximum atomic E-state index is 14.3. The van der Waals surface area contributed by atoms with Crippen molar-refractivity contribution < 1.29 is 23.9 Å². The Labute approximate surface area is 351 Å². The highest BCUT2D eigenvalue weighted by Gasteiger charge is 2.29. The standard InChI is InChI=1S/C47H41N5O5S2/c1-56-36-21-22-41(57-2)34(25-36)26-40(50-44(53)33-17-10-5-11-18-33)45(54)49-35-19-12-20-37(27-35)58-43(32-15-8-4-9-16-32)46(55)51-47-39(28-48)38-23-24-52(30-42(38)59-47)29-31-13-6-3-7-14-31/h3-22,25-27,43H,23-24,29-30H2,1-2H3,(H,49,54)(H,50,53)(H,51,55)/b40-26+. The molecule has 0 aliphatic carbocycles. The van der Waals surface area contributed by atoms with E-state index in [1.165, 1.54) is 49.0 Å². The Morgan fingerprint density at radius 3 is 2.31 bits per heavy atom. The van der Waals surface area contributed by atoms with Gasteiger partial charge in [-0.05, 0) is 77.7 Å². The largest absolute Gasteiger partial charge is 0.497 e. The minimum atomic E-state index is -0.691. The lowest BCUT2D eigenvalue weighted by atomic mass is 10.0. The molecule has 59 heavy (non-hydrogen) atoms. The summed E-state index contributed by atoms with van der Waals surface area (Å²) in [6.45, 7) is 2.33. The smallest absolute Gasteiger partial charge is 0.272 e. The molecule has 3 amide bonds. The number of nitriles is 1. The van der Waals surface area contributed by atoms with E-state index in [2.05, 4.69) is 39.1 Å². The Balaban J connectivity index is 1.12. The van der Waals surface area contributed by atoms with Crippen molar-refractivity contribution in [2.24, 2.45) is 0 Å². The van der Waals surface area contributed by atoms with Crippen LogP contribution in [0.5, 0.6) is 11.5 Å². The zero-order valence-electron chi connectivity index (χ0n) is 32.4. The zero-order chi connectivity index (χ0) is 41.1. The van der Waals surface area contributed by atoms with Gasteiger partial charge in [0.25, 0.3) is 11.8 Å². The summed E-state index contributed by atoms with van der Waals surface area (Å²) in [6, 6.07) is 43.1. The summed E-state index contributed by atoms with van der Waals surface area (Å²) in [7, 11) is 3.06.